The molecule has 0 aliphatic carbocycles. The summed E-state index contributed by atoms with van der Waals surface area (Å²) in [6, 6.07) is 22.8. The molecular weight excluding hydrogens is 386 g/mol. The lowest BCUT2D eigenvalue weighted by Crippen LogP contribution is -2.34. The molecule has 0 bridgehead atoms. The van der Waals surface area contributed by atoms with Gasteiger partial charge in [0, 0.05) is 16.9 Å². The van der Waals surface area contributed by atoms with Gasteiger partial charge in [0.25, 0.3) is 11.8 Å². The number of amides is 2. The van der Waals surface area contributed by atoms with Crippen molar-refractivity contribution in [2.24, 2.45) is 0 Å². The molecule has 3 N–H and O–H groups in total. The number of carbonyl (C=O) groups excluding carboxylic acids is 2. The summed E-state index contributed by atoms with van der Waals surface area (Å²) in [5.74, 6) is -0.137. The molecule has 2 amide bonds. The van der Waals surface area contributed by atoms with Crippen LogP contribution in [-0.4, -0.2) is 24.0 Å². The predicted molar refractivity (Wildman–Crippen MR) is 118 cm³/mol. The molecule has 0 heterocycles. The minimum atomic E-state index is -0.381. The van der Waals surface area contributed by atoms with Gasteiger partial charge in [-0.05, 0) is 54.7 Å². The summed E-state index contributed by atoms with van der Waals surface area (Å²) < 4.78 is 5.19. The predicted octanol–water partition coefficient (Wildman–Crippen LogP) is 4.07. The number of para-hydroxylation sites is 1. The molecule has 6 nitrogen and oxygen atoms in total. The van der Waals surface area contributed by atoms with E-state index in [-0.39, 0.29) is 16.9 Å². The zero-order valence-electron chi connectivity index (χ0n) is 15.6. The SMILES string of the molecule is COc1ccccc1C(=O)NC(=S)Nc1cccc(NC(=O)c2ccccc2)c1. The molecule has 3 rings (SSSR count). The third-order valence-electron chi connectivity index (χ3n) is 3.99. The fourth-order valence-electron chi connectivity index (χ4n) is 2.63. The molecule has 0 saturated heterocycles. The van der Waals surface area contributed by atoms with E-state index in [4.69, 9.17) is 17.0 Å². The van der Waals surface area contributed by atoms with Crippen molar-refractivity contribution >= 4 is 40.5 Å². The summed E-state index contributed by atoms with van der Waals surface area (Å²) in [5, 5.41) is 8.52. The highest BCUT2D eigenvalue weighted by atomic mass is 32.1. The van der Waals surface area contributed by atoms with Crippen LogP contribution in [0, 0.1) is 0 Å². The van der Waals surface area contributed by atoms with Crippen molar-refractivity contribution < 1.29 is 14.3 Å². The average molecular weight is 405 g/mol. The second kappa shape index (κ2) is 9.48. The quantitative estimate of drug-likeness (QED) is 0.558. The molecule has 0 aromatic heterocycles. The first kappa shape index (κ1) is 20.0. The van der Waals surface area contributed by atoms with E-state index in [2.05, 4.69) is 16.0 Å². The molecule has 0 aliphatic heterocycles. The van der Waals surface area contributed by atoms with Crippen LogP contribution in [0.25, 0.3) is 0 Å². The molecule has 3 aromatic carbocycles. The van der Waals surface area contributed by atoms with Crippen LogP contribution in [-0.2, 0) is 0 Å². The monoisotopic (exact) mass is 405 g/mol. The van der Waals surface area contributed by atoms with Crippen LogP contribution in [0.2, 0.25) is 0 Å². The summed E-state index contributed by atoms with van der Waals surface area (Å²) in [6.07, 6.45) is 0. The Morgan fingerprint density at radius 1 is 0.793 bits per heavy atom. The summed E-state index contributed by atoms with van der Waals surface area (Å²) in [7, 11) is 1.50. The van der Waals surface area contributed by atoms with Crippen molar-refractivity contribution in [2.45, 2.75) is 0 Å². The Hall–Kier alpha value is -3.71. The van der Waals surface area contributed by atoms with Gasteiger partial charge in [-0.1, -0.05) is 36.4 Å². The number of hydrogen-bond acceptors (Lipinski definition) is 4. The lowest BCUT2D eigenvalue weighted by Gasteiger charge is -2.12. The molecule has 0 fully saturated rings. The van der Waals surface area contributed by atoms with Gasteiger partial charge in [0.1, 0.15) is 5.75 Å². The van der Waals surface area contributed by atoms with Gasteiger partial charge in [-0.25, -0.2) is 0 Å². The zero-order chi connectivity index (χ0) is 20.6. The van der Waals surface area contributed by atoms with Crippen molar-refractivity contribution in [3.05, 3.63) is 90.0 Å². The maximum Gasteiger partial charge on any atom is 0.261 e. The van der Waals surface area contributed by atoms with Gasteiger partial charge in [-0.3, -0.25) is 14.9 Å². The third kappa shape index (κ3) is 5.40. The van der Waals surface area contributed by atoms with Crippen molar-refractivity contribution in [2.75, 3.05) is 17.7 Å². The molecule has 0 atom stereocenters. The number of carbonyl (C=O) groups is 2. The van der Waals surface area contributed by atoms with Crippen LogP contribution in [0.5, 0.6) is 5.75 Å². The largest absolute Gasteiger partial charge is 0.496 e. The van der Waals surface area contributed by atoms with E-state index in [0.717, 1.165) is 0 Å². The summed E-state index contributed by atoms with van der Waals surface area (Å²) in [6.45, 7) is 0. The summed E-state index contributed by atoms with van der Waals surface area (Å²) in [4.78, 5) is 24.7. The number of rotatable bonds is 5. The van der Waals surface area contributed by atoms with E-state index >= 15 is 0 Å². The van der Waals surface area contributed by atoms with Gasteiger partial charge in [0.05, 0.1) is 12.7 Å². The topological polar surface area (TPSA) is 79.5 Å². The van der Waals surface area contributed by atoms with Crippen LogP contribution >= 0.6 is 12.2 Å². The standard InChI is InChI=1S/C22H19N3O3S/c1-28-19-13-6-5-12-18(19)21(27)25-22(29)24-17-11-7-10-16(14-17)23-20(26)15-8-3-2-4-9-15/h2-14H,1H3,(H,23,26)(H2,24,25,27,29). The number of benzene rings is 3. The molecule has 0 aliphatic rings. The Morgan fingerprint density at radius 3 is 2.17 bits per heavy atom. The first-order chi connectivity index (χ1) is 14.1. The maximum atomic E-state index is 12.4. The van der Waals surface area contributed by atoms with Crippen molar-refractivity contribution in [1.29, 1.82) is 0 Å². The highest BCUT2D eigenvalue weighted by molar-refractivity contribution is 7.80. The number of methoxy groups -OCH3 is 1. The Labute approximate surface area is 173 Å². The molecule has 0 unspecified atom stereocenters. The van der Waals surface area contributed by atoms with Gasteiger partial charge >= 0.3 is 0 Å². The first-order valence-corrected chi connectivity index (χ1v) is 9.19. The number of hydrogen-bond donors (Lipinski definition) is 3. The van der Waals surface area contributed by atoms with E-state index in [0.29, 0.717) is 28.3 Å². The molecule has 29 heavy (non-hydrogen) atoms. The Bertz CT molecular complexity index is 1040. The van der Waals surface area contributed by atoms with Gasteiger partial charge in [-0.2, -0.15) is 0 Å². The summed E-state index contributed by atoms with van der Waals surface area (Å²) in [5.41, 5.74) is 2.16. The van der Waals surface area contributed by atoms with Gasteiger partial charge in [0.2, 0.25) is 0 Å². The first-order valence-electron chi connectivity index (χ1n) is 8.78. The van der Waals surface area contributed by atoms with Gasteiger partial charge in [-0.15, -0.1) is 0 Å². The number of ether oxygens (including phenoxy) is 1. The van der Waals surface area contributed by atoms with Crippen LogP contribution in [0.4, 0.5) is 11.4 Å². The maximum absolute atomic E-state index is 12.4. The van der Waals surface area contributed by atoms with E-state index in [1.165, 1.54) is 7.11 Å². The molecule has 0 radical (unpaired) electrons. The second-order valence-corrected chi connectivity index (χ2v) is 6.42. The minimum Gasteiger partial charge on any atom is -0.496 e. The normalized spacial score (nSPS) is 9.97. The molecule has 146 valence electrons. The molecule has 7 heteroatoms. The molecule has 0 saturated carbocycles. The fourth-order valence-corrected chi connectivity index (χ4v) is 2.84. The van der Waals surface area contributed by atoms with Crippen molar-refractivity contribution in [3.63, 3.8) is 0 Å². The van der Waals surface area contributed by atoms with E-state index in [1.807, 2.05) is 6.07 Å². The highest BCUT2D eigenvalue weighted by Crippen LogP contribution is 2.18. The van der Waals surface area contributed by atoms with Crippen LogP contribution in [0.15, 0.2) is 78.9 Å². The van der Waals surface area contributed by atoms with E-state index in [9.17, 15) is 9.59 Å². The van der Waals surface area contributed by atoms with Gasteiger partial charge < -0.3 is 15.4 Å². The van der Waals surface area contributed by atoms with Gasteiger partial charge in [0.15, 0.2) is 5.11 Å². The van der Waals surface area contributed by atoms with E-state index in [1.54, 1.807) is 72.8 Å². The minimum absolute atomic E-state index is 0.132. The lowest BCUT2D eigenvalue weighted by atomic mass is 10.2. The smallest absolute Gasteiger partial charge is 0.261 e. The van der Waals surface area contributed by atoms with Crippen molar-refractivity contribution in [3.8, 4) is 5.75 Å². The van der Waals surface area contributed by atoms with Crippen LogP contribution < -0.4 is 20.7 Å². The molecule has 0 spiro atoms. The third-order valence-corrected chi connectivity index (χ3v) is 4.20. The Balaban J connectivity index is 1.63. The van der Waals surface area contributed by atoms with E-state index < -0.39 is 0 Å². The van der Waals surface area contributed by atoms with Crippen molar-refractivity contribution in [1.82, 2.24) is 5.32 Å². The lowest BCUT2D eigenvalue weighted by molar-refractivity contribution is 0.0973. The second-order valence-electron chi connectivity index (χ2n) is 6.01. The average Bonchev–Trinajstić information content (AvgIpc) is 2.74. The number of nitrogens with one attached hydrogen (secondary N) is 3. The molecule has 3 aromatic rings. The number of anilines is 2. The van der Waals surface area contributed by atoms with Crippen LogP contribution in [0.3, 0.4) is 0 Å². The van der Waals surface area contributed by atoms with Crippen LogP contribution in [0.1, 0.15) is 20.7 Å². The zero-order valence-corrected chi connectivity index (χ0v) is 16.5. The number of thiocarbonyl (C=S) groups is 1. The fraction of sp³-hybridized carbons (Fsp3) is 0.0455. The highest BCUT2D eigenvalue weighted by Gasteiger charge is 2.13. The Morgan fingerprint density at radius 2 is 1.45 bits per heavy atom. The summed E-state index contributed by atoms with van der Waals surface area (Å²) >= 11 is 5.23. The molecular formula is C22H19N3O3S. The Kier molecular flexibility index (Phi) is 6.55.